The fraction of sp³-hybridized carbons (Fsp3) is 0.500. The number of hydrogen-bond acceptors (Lipinski definition) is 12. The van der Waals surface area contributed by atoms with Crippen LogP contribution in [-0.2, 0) is 14.8 Å². The molecule has 1 aliphatic rings. The van der Waals surface area contributed by atoms with E-state index < -0.39 is 27.5 Å². The van der Waals surface area contributed by atoms with Gasteiger partial charge in [0.05, 0.1) is 25.3 Å². The molecular weight excluding hydrogens is 516 g/mol. The lowest BCUT2D eigenvalue weighted by atomic mass is 9.82. The fourth-order valence-corrected chi connectivity index (χ4v) is 5.07. The van der Waals surface area contributed by atoms with Gasteiger partial charge in [-0.25, -0.2) is 18.4 Å². The Morgan fingerprint density at radius 3 is 2.22 bits per heavy atom. The van der Waals surface area contributed by atoms with E-state index in [9.17, 15) is 13.5 Å². The summed E-state index contributed by atoms with van der Waals surface area (Å²) in [5, 5.41) is 17.3. The zero-order valence-electron chi connectivity index (χ0n) is 19.9. The standard InChI is InChI=1S/C20H25ClN8O6S/c1-10(15(33-2)16-22-7-12(21)8-23-16)36(31,32)28-20-27-26-17(11-5-13(30)6-11)29(20)14-18(34-3)24-9-25-19(14)35-4/h7-11,13,15,30H,5-6H2,1-4H3,(H,27,28). The predicted octanol–water partition coefficient (Wildman–Crippen LogP) is 1.27. The Morgan fingerprint density at radius 1 is 1.08 bits per heavy atom. The summed E-state index contributed by atoms with van der Waals surface area (Å²) >= 11 is 5.85. The molecule has 0 bridgehead atoms. The number of aliphatic hydroxyl groups is 1. The number of nitrogens with one attached hydrogen (secondary N) is 1. The lowest BCUT2D eigenvalue weighted by molar-refractivity contribution is 0.0710. The van der Waals surface area contributed by atoms with Gasteiger partial charge >= 0.3 is 0 Å². The van der Waals surface area contributed by atoms with E-state index in [-0.39, 0.29) is 35.1 Å². The van der Waals surface area contributed by atoms with Crippen LogP contribution >= 0.6 is 11.6 Å². The molecule has 2 unspecified atom stereocenters. The third kappa shape index (κ3) is 4.91. The number of methoxy groups -OCH3 is 3. The Kier molecular flexibility index (Phi) is 7.54. The molecule has 1 aliphatic carbocycles. The summed E-state index contributed by atoms with van der Waals surface area (Å²) in [4.78, 5) is 16.4. The number of aliphatic hydroxyl groups excluding tert-OH is 1. The van der Waals surface area contributed by atoms with Gasteiger partial charge < -0.3 is 19.3 Å². The van der Waals surface area contributed by atoms with Gasteiger partial charge in [-0.05, 0) is 19.8 Å². The molecule has 16 heteroatoms. The minimum Gasteiger partial charge on any atom is -0.479 e. The maximum Gasteiger partial charge on any atom is 0.245 e. The normalized spacial score (nSPS) is 19.3. The second-order valence-corrected chi connectivity index (χ2v) is 10.5. The van der Waals surface area contributed by atoms with Crippen molar-refractivity contribution in [1.29, 1.82) is 0 Å². The van der Waals surface area contributed by atoms with Crippen molar-refractivity contribution in [1.82, 2.24) is 34.7 Å². The maximum absolute atomic E-state index is 13.5. The molecule has 0 aliphatic heterocycles. The number of ether oxygens (including phenoxy) is 3. The summed E-state index contributed by atoms with van der Waals surface area (Å²) in [6.45, 7) is 1.45. The van der Waals surface area contributed by atoms with Crippen molar-refractivity contribution < 1.29 is 27.7 Å². The first-order valence-corrected chi connectivity index (χ1v) is 12.7. The Labute approximate surface area is 212 Å². The number of anilines is 1. The molecule has 0 saturated heterocycles. The van der Waals surface area contributed by atoms with Crippen molar-refractivity contribution in [3.8, 4) is 17.4 Å². The van der Waals surface area contributed by atoms with Gasteiger partial charge in [0.1, 0.15) is 23.5 Å². The number of halogens is 1. The van der Waals surface area contributed by atoms with Gasteiger partial charge in [0.25, 0.3) is 0 Å². The molecule has 3 heterocycles. The summed E-state index contributed by atoms with van der Waals surface area (Å²) in [6.07, 6.45) is 3.32. The molecule has 2 N–H and O–H groups in total. The van der Waals surface area contributed by atoms with E-state index in [1.807, 2.05) is 0 Å². The molecule has 0 amide bonds. The van der Waals surface area contributed by atoms with Crippen molar-refractivity contribution in [2.75, 3.05) is 26.1 Å². The van der Waals surface area contributed by atoms with Gasteiger partial charge in [-0.3, -0.25) is 9.29 Å². The number of sulfonamides is 1. The monoisotopic (exact) mass is 540 g/mol. The Balaban J connectivity index is 1.76. The van der Waals surface area contributed by atoms with E-state index in [4.69, 9.17) is 25.8 Å². The molecule has 2 atom stereocenters. The van der Waals surface area contributed by atoms with Crippen molar-refractivity contribution in [3.63, 3.8) is 0 Å². The summed E-state index contributed by atoms with van der Waals surface area (Å²) in [6, 6.07) is 0. The number of aromatic nitrogens is 7. The SMILES string of the molecule is COc1ncnc(OC)c1-n1c(NS(=O)(=O)C(C)C(OC)c2ncc(Cl)cn2)nnc1C1CC(O)C1. The molecule has 14 nitrogen and oxygen atoms in total. The molecule has 194 valence electrons. The lowest BCUT2D eigenvalue weighted by Gasteiger charge is -2.31. The highest BCUT2D eigenvalue weighted by atomic mass is 35.5. The second-order valence-electron chi connectivity index (χ2n) is 8.05. The zero-order chi connectivity index (χ0) is 26.0. The molecule has 0 spiro atoms. The van der Waals surface area contributed by atoms with Crippen LogP contribution in [0.15, 0.2) is 18.7 Å². The molecule has 1 saturated carbocycles. The van der Waals surface area contributed by atoms with Crippen molar-refractivity contribution >= 4 is 27.6 Å². The van der Waals surface area contributed by atoms with Gasteiger partial charge in [-0.2, -0.15) is 9.97 Å². The molecule has 0 aromatic carbocycles. The summed E-state index contributed by atoms with van der Waals surface area (Å²) < 4.78 is 47.0. The Hall–Kier alpha value is -3.14. The first kappa shape index (κ1) is 25.9. The molecule has 36 heavy (non-hydrogen) atoms. The minimum absolute atomic E-state index is 0.112. The number of hydrogen-bond donors (Lipinski definition) is 2. The first-order chi connectivity index (χ1) is 17.2. The van der Waals surface area contributed by atoms with E-state index in [1.165, 1.54) is 51.5 Å². The van der Waals surface area contributed by atoms with Crippen LogP contribution in [0.3, 0.4) is 0 Å². The number of nitrogens with zero attached hydrogens (tertiary/aromatic N) is 7. The maximum atomic E-state index is 13.5. The average Bonchev–Trinajstić information content (AvgIpc) is 3.24. The molecule has 1 fully saturated rings. The van der Waals surface area contributed by atoms with E-state index in [0.717, 1.165) is 0 Å². The van der Waals surface area contributed by atoms with Gasteiger partial charge in [0.2, 0.25) is 27.7 Å². The second kappa shape index (κ2) is 10.5. The van der Waals surface area contributed by atoms with Gasteiger partial charge in [0, 0.05) is 25.4 Å². The molecule has 0 radical (unpaired) electrons. The zero-order valence-corrected chi connectivity index (χ0v) is 21.4. The van der Waals surface area contributed by atoms with Crippen LogP contribution in [0.2, 0.25) is 5.02 Å². The fourth-order valence-electron chi connectivity index (χ4n) is 3.84. The van der Waals surface area contributed by atoms with Crippen LogP contribution in [0.5, 0.6) is 11.8 Å². The molecular formula is C20H25ClN8O6S. The topological polar surface area (TPSA) is 176 Å². The van der Waals surface area contributed by atoms with Crippen molar-refractivity contribution in [2.24, 2.45) is 0 Å². The highest BCUT2D eigenvalue weighted by Crippen LogP contribution is 2.41. The van der Waals surface area contributed by atoms with Gasteiger partial charge in [-0.1, -0.05) is 11.6 Å². The van der Waals surface area contributed by atoms with Crippen LogP contribution < -0.4 is 14.2 Å². The van der Waals surface area contributed by atoms with E-state index in [2.05, 4.69) is 34.9 Å². The van der Waals surface area contributed by atoms with E-state index >= 15 is 0 Å². The summed E-state index contributed by atoms with van der Waals surface area (Å²) in [5.41, 5.74) is 0.207. The third-order valence-corrected chi connectivity index (χ3v) is 7.72. The van der Waals surface area contributed by atoms with Crippen LogP contribution in [0.4, 0.5) is 5.95 Å². The molecule has 4 rings (SSSR count). The lowest BCUT2D eigenvalue weighted by Crippen LogP contribution is -2.34. The van der Waals surface area contributed by atoms with Crippen LogP contribution in [0, 0.1) is 0 Å². The summed E-state index contributed by atoms with van der Waals surface area (Å²) in [5.74, 6) is 0.427. The van der Waals surface area contributed by atoms with Crippen molar-refractivity contribution in [2.45, 2.75) is 43.1 Å². The molecule has 3 aromatic rings. The predicted molar refractivity (Wildman–Crippen MR) is 127 cm³/mol. The smallest absolute Gasteiger partial charge is 0.245 e. The molecule has 3 aromatic heterocycles. The van der Waals surface area contributed by atoms with E-state index in [1.54, 1.807) is 0 Å². The first-order valence-electron chi connectivity index (χ1n) is 10.8. The van der Waals surface area contributed by atoms with Crippen LogP contribution in [0.25, 0.3) is 5.69 Å². The quantitative estimate of drug-likeness (QED) is 0.377. The largest absolute Gasteiger partial charge is 0.479 e. The van der Waals surface area contributed by atoms with Crippen LogP contribution in [-0.4, -0.2) is 80.9 Å². The van der Waals surface area contributed by atoms with Crippen LogP contribution in [0.1, 0.15) is 43.4 Å². The highest BCUT2D eigenvalue weighted by Gasteiger charge is 2.38. The highest BCUT2D eigenvalue weighted by molar-refractivity contribution is 7.93. The van der Waals surface area contributed by atoms with Gasteiger partial charge in [0.15, 0.2) is 11.5 Å². The minimum atomic E-state index is -4.15. The van der Waals surface area contributed by atoms with Crippen molar-refractivity contribution in [3.05, 3.63) is 35.4 Å². The van der Waals surface area contributed by atoms with E-state index in [0.29, 0.717) is 23.7 Å². The van der Waals surface area contributed by atoms with Gasteiger partial charge in [-0.15, -0.1) is 10.2 Å². The Bertz CT molecular complexity index is 1290. The number of rotatable bonds is 10. The Morgan fingerprint density at radius 2 is 1.69 bits per heavy atom. The third-order valence-electron chi connectivity index (χ3n) is 5.83. The average molecular weight is 541 g/mol. The summed E-state index contributed by atoms with van der Waals surface area (Å²) in [7, 11) is 0.0205.